The van der Waals surface area contributed by atoms with E-state index in [-0.39, 0.29) is 5.78 Å². The van der Waals surface area contributed by atoms with E-state index in [1.54, 1.807) is 18.3 Å². The smallest absolute Gasteiger partial charge is 0.211 e. The van der Waals surface area contributed by atoms with Crippen molar-refractivity contribution in [3.63, 3.8) is 0 Å². The van der Waals surface area contributed by atoms with E-state index in [0.717, 1.165) is 11.1 Å². The van der Waals surface area contributed by atoms with Crippen molar-refractivity contribution in [3.05, 3.63) is 90.3 Å². The third kappa shape index (κ3) is 2.36. The number of rotatable bonds is 3. The molecule has 0 unspecified atom stereocenters. The highest BCUT2D eigenvalue weighted by Gasteiger charge is 2.14. The molecule has 0 aliphatic carbocycles. The Labute approximate surface area is 117 Å². The Morgan fingerprint density at radius 1 is 0.750 bits per heavy atom. The lowest BCUT2D eigenvalue weighted by Crippen LogP contribution is -2.05. The minimum absolute atomic E-state index is 0.0509. The maximum absolute atomic E-state index is 12.6. The fourth-order valence-corrected chi connectivity index (χ4v) is 2.19. The molecule has 0 aliphatic rings. The number of pyridine rings is 1. The van der Waals surface area contributed by atoms with Gasteiger partial charge in [0, 0.05) is 11.8 Å². The Balaban J connectivity index is 2.10. The van der Waals surface area contributed by atoms with E-state index in [2.05, 4.69) is 4.98 Å². The third-order valence-electron chi connectivity index (χ3n) is 3.15. The van der Waals surface area contributed by atoms with E-state index < -0.39 is 0 Å². The van der Waals surface area contributed by atoms with E-state index in [9.17, 15) is 4.79 Å². The molecular formula is C18H13NO. The van der Waals surface area contributed by atoms with Crippen LogP contribution in [0.25, 0.3) is 11.1 Å². The van der Waals surface area contributed by atoms with Crippen LogP contribution < -0.4 is 0 Å². The summed E-state index contributed by atoms with van der Waals surface area (Å²) in [6.07, 6.45) is 1.64. The highest BCUT2D eigenvalue weighted by molar-refractivity contribution is 6.11. The van der Waals surface area contributed by atoms with Crippen molar-refractivity contribution in [2.24, 2.45) is 0 Å². The number of hydrogen-bond acceptors (Lipinski definition) is 2. The molecule has 3 aromatic rings. The molecule has 0 amide bonds. The first-order valence-corrected chi connectivity index (χ1v) is 6.46. The molecule has 0 atom stereocenters. The lowest BCUT2D eigenvalue weighted by molar-refractivity contribution is 0.103. The number of carbonyl (C=O) groups is 1. The zero-order chi connectivity index (χ0) is 13.8. The largest absolute Gasteiger partial charge is 0.287 e. The van der Waals surface area contributed by atoms with Gasteiger partial charge in [-0.15, -0.1) is 0 Å². The SMILES string of the molecule is O=C(c1ccccn1)c1ccccc1-c1ccccc1. The van der Waals surface area contributed by atoms with E-state index in [1.807, 2.05) is 60.7 Å². The van der Waals surface area contributed by atoms with Crippen LogP contribution in [0.3, 0.4) is 0 Å². The fraction of sp³-hybridized carbons (Fsp3) is 0. The Kier molecular flexibility index (Phi) is 3.38. The van der Waals surface area contributed by atoms with Crippen molar-refractivity contribution in [2.45, 2.75) is 0 Å². The van der Waals surface area contributed by atoms with Crippen LogP contribution in [0, 0.1) is 0 Å². The summed E-state index contributed by atoms with van der Waals surface area (Å²) < 4.78 is 0. The summed E-state index contributed by atoms with van der Waals surface area (Å²) in [6.45, 7) is 0. The van der Waals surface area contributed by atoms with Gasteiger partial charge in [0.05, 0.1) is 0 Å². The highest BCUT2D eigenvalue weighted by Crippen LogP contribution is 2.24. The summed E-state index contributed by atoms with van der Waals surface area (Å²) in [5.41, 5.74) is 3.12. The molecule has 0 fully saturated rings. The molecule has 0 bridgehead atoms. The molecule has 1 heterocycles. The average molecular weight is 259 g/mol. The number of carbonyl (C=O) groups excluding carboxylic acids is 1. The summed E-state index contributed by atoms with van der Waals surface area (Å²) in [7, 11) is 0. The molecule has 0 radical (unpaired) electrons. The molecule has 0 saturated carbocycles. The Bertz CT molecular complexity index is 721. The molecule has 20 heavy (non-hydrogen) atoms. The molecule has 0 N–H and O–H groups in total. The topological polar surface area (TPSA) is 30.0 Å². The minimum Gasteiger partial charge on any atom is -0.287 e. The van der Waals surface area contributed by atoms with Crippen molar-refractivity contribution >= 4 is 5.78 Å². The molecule has 2 aromatic carbocycles. The van der Waals surface area contributed by atoms with Gasteiger partial charge in [-0.1, -0.05) is 60.7 Å². The number of nitrogens with zero attached hydrogens (tertiary/aromatic N) is 1. The first-order valence-electron chi connectivity index (χ1n) is 6.46. The highest BCUT2D eigenvalue weighted by atomic mass is 16.1. The second-order valence-electron chi connectivity index (χ2n) is 4.46. The van der Waals surface area contributed by atoms with Crippen LogP contribution in [0.5, 0.6) is 0 Å². The zero-order valence-electron chi connectivity index (χ0n) is 10.9. The number of benzene rings is 2. The van der Waals surface area contributed by atoms with E-state index in [0.29, 0.717) is 11.3 Å². The van der Waals surface area contributed by atoms with Gasteiger partial charge in [0.25, 0.3) is 0 Å². The van der Waals surface area contributed by atoms with E-state index in [1.165, 1.54) is 0 Å². The zero-order valence-corrected chi connectivity index (χ0v) is 10.9. The van der Waals surface area contributed by atoms with E-state index >= 15 is 0 Å². The monoisotopic (exact) mass is 259 g/mol. The molecule has 96 valence electrons. The van der Waals surface area contributed by atoms with Crippen LogP contribution in [-0.2, 0) is 0 Å². The Morgan fingerprint density at radius 2 is 1.45 bits per heavy atom. The van der Waals surface area contributed by atoms with Crippen LogP contribution >= 0.6 is 0 Å². The number of hydrogen-bond donors (Lipinski definition) is 0. The summed E-state index contributed by atoms with van der Waals surface area (Å²) in [6, 6.07) is 22.9. The first-order chi connectivity index (χ1) is 9.86. The van der Waals surface area contributed by atoms with Crippen LogP contribution in [0.15, 0.2) is 79.0 Å². The molecular weight excluding hydrogens is 246 g/mol. The lowest BCUT2D eigenvalue weighted by Gasteiger charge is -2.08. The van der Waals surface area contributed by atoms with Crippen LogP contribution in [0.1, 0.15) is 16.1 Å². The van der Waals surface area contributed by atoms with Crippen molar-refractivity contribution < 1.29 is 4.79 Å². The van der Waals surface area contributed by atoms with Crippen LogP contribution in [-0.4, -0.2) is 10.8 Å². The van der Waals surface area contributed by atoms with Gasteiger partial charge >= 0.3 is 0 Å². The van der Waals surface area contributed by atoms with E-state index in [4.69, 9.17) is 0 Å². The standard InChI is InChI=1S/C18H13NO/c20-18(17-12-6-7-13-19-17)16-11-5-4-10-15(16)14-8-2-1-3-9-14/h1-13H. The van der Waals surface area contributed by atoms with Gasteiger partial charge in [0.15, 0.2) is 0 Å². The summed E-state index contributed by atoms with van der Waals surface area (Å²) >= 11 is 0. The molecule has 2 nitrogen and oxygen atoms in total. The molecule has 0 spiro atoms. The lowest BCUT2D eigenvalue weighted by atomic mass is 9.96. The van der Waals surface area contributed by atoms with Crippen molar-refractivity contribution in [1.82, 2.24) is 4.98 Å². The second kappa shape index (κ2) is 5.49. The number of ketones is 1. The molecule has 3 rings (SSSR count). The van der Waals surface area contributed by atoms with Crippen molar-refractivity contribution in [3.8, 4) is 11.1 Å². The maximum atomic E-state index is 12.6. The van der Waals surface area contributed by atoms with Gasteiger partial charge in [-0.25, -0.2) is 0 Å². The van der Waals surface area contributed by atoms with Gasteiger partial charge in [0.2, 0.25) is 5.78 Å². The first kappa shape index (κ1) is 12.3. The van der Waals surface area contributed by atoms with Gasteiger partial charge in [0.1, 0.15) is 5.69 Å². The van der Waals surface area contributed by atoms with Gasteiger partial charge < -0.3 is 0 Å². The summed E-state index contributed by atoms with van der Waals surface area (Å²) in [4.78, 5) is 16.7. The summed E-state index contributed by atoms with van der Waals surface area (Å²) in [5.74, 6) is -0.0509. The molecule has 0 aliphatic heterocycles. The summed E-state index contributed by atoms with van der Waals surface area (Å²) in [5, 5.41) is 0. The van der Waals surface area contributed by atoms with Crippen LogP contribution in [0.2, 0.25) is 0 Å². The molecule has 2 heteroatoms. The fourth-order valence-electron chi connectivity index (χ4n) is 2.19. The van der Waals surface area contributed by atoms with Gasteiger partial charge in [-0.05, 0) is 23.3 Å². The predicted molar refractivity (Wildman–Crippen MR) is 79.5 cm³/mol. The quantitative estimate of drug-likeness (QED) is 0.666. The van der Waals surface area contributed by atoms with Gasteiger partial charge in [-0.2, -0.15) is 0 Å². The Hall–Kier alpha value is -2.74. The molecule has 1 aromatic heterocycles. The van der Waals surface area contributed by atoms with Gasteiger partial charge in [-0.3, -0.25) is 9.78 Å². The van der Waals surface area contributed by atoms with Crippen molar-refractivity contribution in [2.75, 3.05) is 0 Å². The maximum Gasteiger partial charge on any atom is 0.211 e. The minimum atomic E-state index is -0.0509. The number of aromatic nitrogens is 1. The Morgan fingerprint density at radius 3 is 2.20 bits per heavy atom. The molecule has 0 saturated heterocycles. The predicted octanol–water partition coefficient (Wildman–Crippen LogP) is 3.98. The van der Waals surface area contributed by atoms with Crippen molar-refractivity contribution in [1.29, 1.82) is 0 Å². The third-order valence-corrected chi connectivity index (χ3v) is 3.15. The normalized spacial score (nSPS) is 10.2. The van der Waals surface area contributed by atoms with Crippen LogP contribution in [0.4, 0.5) is 0 Å². The second-order valence-corrected chi connectivity index (χ2v) is 4.46. The average Bonchev–Trinajstić information content (AvgIpc) is 2.56.